The molecule has 2 aliphatic rings. The van der Waals surface area contributed by atoms with Gasteiger partial charge in [0.05, 0.1) is 0 Å². The lowest BCUT2D eigenvalue weighted by molar-refractivity contribution is -0.198. The number of nitrogens with zero attached hydrogens (tertiary/aromatic N) is 1. The molecule has 10 nitrogen and oxygen atoms in total. The van der Waals surface area contributed by atoms with Gasteiger partial charge in [0.1, 0.15) is 11.6 Å². The third-order valence-corrected chi connectivity index (χ3v) is 4.32. The topological polar surface area (TPSA) is 120 Å². The van der Waals surface area contributed by atoms with Crippen LogP contribution in [0.5, 0.6) is 11.5 Å². The Labute approximate surface area is 179 Å². The molecular weight excluding hydrogens is 408 g/mol. The number of amides is 3. The highest BCUT2D eigenvalue weighted by Crippen LogP contribution is 2.39. The molecule has 1 N–H and O–H groups in total. The van der Waals surface area contributed by atoms with Crippen LogP contribution in [0.2, 0.25) is 0 Å². The van der Waals surface area contributed by atoms with Gasteiger partial charge in [0.2, 0.25) is 5.79 Å². The van der Waals surface area contributed by atoms with Crippen molar-refractivity contribution < 1.29 is 38.2 Å². The summed E-state index contributed by atoms with van der Waals surface area (Å²) in [5.41, 5.74) is -0.152. The van der Waals surface area contributed by atoms with E-state index in [0.29, 0.717) is 22.1 Å². The highest BCUT2D eigenvalue weighted by molar-refractivity contribution is 6.01. The molecule has 2 aliphatic heterocycles. The van der Waals surface area contributed by atoms with Crippen LogP contribution < -0.4 is 14.8 Å². The lowest BCUT2D eigenvalue weighted by Gasteiger charge is -2.23. The molecule has 31 heavy (non-hydrogen) atoms. The zero-order valence-electron chi connectivity index (χ0n) is 18.1. The largest absolute Gasteiger partial charge is 0.449 e. The van der Waals surface area contributed by atoms with Gasteiger partial charge in [-0.15, -0.1) is 5.06 Å². The highest BCUT2D eigenvalue weighted by atomic mass is 16.7. The minimum Gasteiger partial charge on any atom is -0.449 e. The number of fused-ring (bicyclic) bond motifs is 1. The molecule has 1 fully saturated rings. The van der Waals surface area contributed by atoms with E-state index in [-0.39, 0.29) is 19.3 Å². The van der Waals surface area contributed by atoms with Crippen molar-refractivity contribution in [2.75, 3.05) is 0 Å². The molecule has 1 atom stereocenters. The number of hydroxylamine groups is 2. The molecule has 1 saturated heterocycles. The Morgan fingerprint density at radius 1 is 1.13 bits per heavy atom. The number of nitrogens with one attached hydrogen (secondary N) is 1. The van der Waals surface area contributed by atoms with Crippen LogP contribution >= 0.6 is 0 Å². The molecule has 0 bridgehead atoms. The molecule has 10 heteroatoms. The number of benzene rings is 1. The summed E-state index contributed by atoms with van der Waals surface area (Å²) in [6.07, 6.45) is -0.899. The summed E-state index contributed by atoms with van der Waals surface area (Å²) in [6, 6.07) is 3.88. The van der Waals surface area contributed by atoms with E-state index >= 15 is 0 Å². The van der Waals surface area contributed by atoms with Crippen molar-refractivity contribution in [2.24, 2.45) is 0 Å². The molecule has 1 aromatic rings. The number of ether oxygens (including phenoxy) is 3. The molecule has 168 valence electrons. The van der Waals surface area contributed by atoms with Gasteiger partial charge in [-0.05, 0) is 38.5 Å². The SMILES string of the molecule is CC(C)(C)OC(=O)N[C@@H](Cc1ccc2c(c1)OC(C)(C)O2)C(=O)ON1C(=O)CCC1=O. The number of hydrogen-bond acceptors (Lipinski definition) is 8. The molecule has 0 saturated carbocycles. The molecule has 1 aromatic carbocycles. The predicted octanol–water partition coefficient (Wildman–Crippen LogP) is 2.24. The summed E-state index contributed by atoms with van der Waals surface area (Å²) < 4.78 is 16.6. The average molecular weight is 434 g/mol. The Balaban J connectivity index is 1.77. The fraction of sp³-hybridized carbons (Fsp3) is 0.524. The van der Waals surface area contributed by atoms with Gasteiger partial charge in [-0.1, -0.05) is 6.07 Å². The number of rotatable bonds is 5. The Bertz CT molecular complexity index is 902. The number of alkyl carbamates (subject to hydrolysis) is 1. The summed E-state index contributed by atoms with van der Waals surface area (Å²) >= 11 is 0. The highest BCUT2D eigenvalue weighted by Gasteiger charge is 2.36. The van der Waals surface area contributed by atoms with E-state index in [1.165, 1.54) is 0 Å². The molecular formula is C21H26N2O8. The van der Waals surface area contributed by atoms with E-state index in [2.05, 4.69) is 5.32 Å². The molecule has 0 radical (unpaired) electrons. The lowest BCUT2D eigenvalue weighted by Crippen LogP contribution is -2.48. The van der Waals surface area contributed by atoms with Gasteiger partial charge in [-0.2, -0.15) is 0 Å². The second-order valence-corrected chi connectivity index (χ2v) is 8.78. The number of carbonyl (C=O) groups is 4. The Hall–Kier alpha value is -3.30. The predicted molar refractivity (Wildman–Crippen MR) is 106 cm³/mol. The number of imide groups is 1. The van der Waals surface area contributed by atoms with Gasteiger partial charge in [0, 0.05) is 33.1 Å². The van der Waals surface area contributed by atoms with E-state index < -0.39 is 41.3 Å². The van der Waals surface area contributed by atoms with Gasteiger partial charge < -0.3 is 24.4 Å². The summed E-state index contributed by atoms with van der Waals surface area (Å²) in [6.45, 7) is 8.57. The van der Waals surface area contributed by atoms with Crippen molar-refractivity contribution in [3.63, 3.8) is 0 Å². The first-order chi connectivity index (χ1) is 14.3. The van der Waals surface area contributed by atoms with Crippen molar-refractivity contribution in [1.29, 1.82) is 0 Å². The Morgan fingerprint density at radius 2 is 1.74 bits per heavy atom. The van der Waals surface area contributed by atoms with E-state index in [0.717, 1.165) is 0 Å². The Morgan fingerprint density at radius 3 is 2.35 bits per heavy atom. The van der Waals surface area contributed by atoms with Crippen LogP contribution in [-0.2, 0) is 30.4 Å². The fourth-order valence-electron chi connectivity index (χ4n) is 3.08. The fourth-order valence-corrected chi connectivity index (χ4v) is 3.08. The zero-order chi connectivity index (χ0) is 23.0. The minimum absolute atomic E-state index is 0.00532. The van der Waals surface area contributed by atoms with Gasteiger partial charge in [0.25, 0.3) is 11.8 Å². The third-order valence-electron chi connectivity index (χ3n) is 4.32. The van der Waals surface area contributed by atoms with Crippen LogP contribution in [0.1, 0.15) is 53.0 Å². The zero-order valence-corrected chi connectivity index (χ0v) is 18.1. The Kier molecular flexibility index (Phi) is 5.84. The lowest BCUT2D eigenvalue weighted by atomic mass is 10.1. The molecule has 0 spiro atoms. The van der Waals surface area contributed by atoms with Crippen molar-refractivity contribution in [3.05, 3.63) is 23.8 Å². The second-order valence-electron chi connectivity index (χ2n) is 8.78. The smallest absolute Gasteiger partial charge is 0.408 e. The first-order valence-corrected chi connectivity index (χ1v) is 9.91. The second kappa shape index (κ2) is 8.09. The number of carbonyl (C=O) groups excluding carboxylic acids is 4. The van der Waals surface area contributed by atoms with Gasteiger partial charge in [-0.25, -0.2) is 9.59 Å². The first-order valence-electron chi connectivity index (χ1n) is 9.91. The maximum atomic E-state index is 12.7. The van der Waals surface area contributed by atoms with Gasteiger partial charge in [-0.3, -0.25) is 9.59 Å². The van der Waals surface area contributed by atoms with Gasteiger partial charge >= 0.3 is 12.1 Å². The van der Waals surface area contributed by atoms with Crippen molar-refractivity contribution in [3.8, 4) is 11.5 Å². The molecule has 0 aromatic heterocycles. The maximum Gasteiger partial charge on any atom is 0.408 e. The average Bonchev–Trinajstić information content (AvgIpc) is 3.10. The molecule has 2 heterocycles. The third kappa shape index (κ3) is 5.65. The summed E-state index contributed by atoms with van der Waals surface area (Å²) in [5.74, 6) is -1.95. The summed E-state index contributed by atoms with van der Waals surface area (Å²) in [5, 5.41) is 2.89. The van der Waals surface area contributed by atoms with Crippen LogP contribution in [-0.4, -0.2) is 46.4 Å². The van der Waals surface area contributed by atoms with E-state index in [9.17, 15) is 19.2 Å². The van der Waals surface area contributed by atoms with Crippen LogP contribution in [0.4, 0.5) is 4.79 Å². The van der Waals surface area contributed by atoms with Gasteiger partial charge in [0.15, 0.2) is 11.5 Å². The molecule has 3 rings (SSSR count). The van der Waals surface area contributed by atoms with Crippen molar-refractivity contribution >= 4 is 23.9 Å². The number of hydrogen-bond donors (Lipinski definition) is 1. The van der Waals surface area contributed by atoms with E-state index in [4.69, 9.17) is 19.0 Å². The molecule has 0 aliphatic carbocycles. The monoisotopic (exact) mass is 434 g/mol. The van der Waals surface area contributed by atoms with Crippen molar-refractivity contribution in [2.45, 2.75) is 71.3 Å². The van der Waals surface area contributed by atoms with E-state index in [1.54, 1.807) is 52.8 Å². The standard InChI is InChI=1S/C21H26N2O8/c1-20(2,3)30-19(27)22-13(18(26)31-23-16(24)8-9-17(23)25)10-12-6-7-14-15(11-12)29-21(4,5)28-14/h6-7,11,13H,8-10H2,1-5H3,(H,22,27)/t13-/m0/s1. The quantitative estimate of drug-likeness (QED) is 0.701. The van der Waals surface area contributed by atoms with Crippen LogP contribution in [0.3, 0.4) is 0 Å². The van der Waals surface area contributed by atoms with Crippen molar-refractivity contribution in [1.82, 2.24) is 10.4 Å². The summed E-state index contributed by atoms with van der Waals surface area (Å²) in [7, 11) is 0. The van der Waals surface area contributed by atoms with E-state index in [1.807, 2.05) is 0 Å². The molecule has 3 amide bonds. The summed E-state index contributed by atoms with van der Waals surface area (Å²) in [4.78, 5) is 53.6. The minimum atomic E-state index is -1.22. The molecule has 0 unspecified atom stereocenters. The van der Waals surface area contributed by atoms with Crippen LogP contribution in [0, 0.1) is 0 Å². The van der Waals surface area contributed by atoms with Crippen LogP contribution in [0.15, 0.2) is 18.2 Å². The maximum absolute atomic E-state index is 12.7. The first kappa shape index (κ1) is 22.4. The van der Waals surface area contributed by atoms with Crippen LogP contribution in [0.25, 0.3) is 0 Å². The normalized spacial score (nSPS) is 18.0.